The predicted octanol–water partition coefficient (Wildman–Crippen LogP) is 5.83. The molecule has 0 bridgehead atoms. The molecule has 4 rings (SSSR count). The molecule has 0 N–H and O–H groups in total. The number of pyridine rings is 1. The van der Waals surface area contributed by atoms with Crippen molar-refractivity contribution in [2.75, 3.05) is 9.80 Å². The molecule has 1 aliphatic rings. The molecule has 2 amide bonds. The van der Waals surface area contributed by atoms with E-state index in [0.29, 0.717) is 16.7 Å². The maximum atomic E-state index is 14.2. The van der Waals surface area contributed by atoms with Gasteiger partial charge >= 0.3 is 0 Å². The molecule has 1 aliphatic heterocycles. The summed E-state index contributed by atoms with van der Waals surface area (Å²) in [6, 6.07) is 10.6. The van der Waals surface area contributed by atoms with Gasteiger partial charge in [-0.15, -0.1) is 0 Å². The monoisotopic (exact) mass is 514 g/mol. The minimum atomic E-state index is -1.01. The molecule has 0 aliphatic carbocycles. The van der Waals surface area contributed by atoms with Gasteiger partial charge in [0.05, 0.1) is 23.4 Å². The van der Waals surface area contributed by atoms with E-state index in [1.54, 1.807) is 19.1 Å². The maximum absolute atomic E-state index is 14.2. The molecular weight excluding hydrogens is 497 g/mol. The minimum absolute atomic E-state index is 0.0379. The molecule has 3 aromatic rings. The summed E-state index contributed by atoms with van der Waals surface area (Å²) >= 11 is 12.4. The number of rotatable bonds is 5. The van der Waals surface area contributed by atoms with E-state index in [9.17, 15) is 23.6 Å². The van der Waals surface area contributed by atoms with Gasteiger partial charge in [-0.1, -0.05) is 29.3 Å². The fourth-order valence-corrected chi connectivity index (χ4v) is 4.75. The van der Waals surface area contributed by atoms with Crippen LogP contribution in [0.4, 0.5) is 20.3 Å². The number of halogens is 4. The van der Waals surface area contributed by atoms with Crippen molar-refractivity contribution < 1.29 is 18.4 Å². The van der Waals surface area contributed by atoms with Crippen LogP contribution in [0.3, 0.4) is 0 Å². The number of anilines is 2. The van der Waals surface area contributed by atoms with Gasteiger partial charge in [0.1, 0.15) is 23.5 Å². The number of carbonyl (C=O) groups is 2. The first kappa shape index (κ1) is 24.6. The molecule has 0 saturated carbocycles. The number of hydrogen-bond donors (Lipinski definition) is 0. The van der Waals surface area contributed by atoms with Gasteiger partial charge < -0.3 is 4.90 Å². The van der Waals surface area contributed by atoms with E-state index < -0.39 is 29.6 Å². The van der Waals surface area contributed by atoms with Crippen molar-refractivity contribution in [2.24, 2.45) is 0 Å². The third-order valence-electron chi connectivity index (χ3n) is 5.78. The zero-order valence-electron chi connectivity index (χ0n) is 18.4. The summed E-state index contributed by atoms with van der Waals surface area (Å²) in [6.45, 7) is 1.66. The Balaban J connectivity index is 1.81. The van der Waals surface area contributed by atoms with Gasteiger partial charge in [0.25, 0.3) is 5.91 Å². The average molecular weight is 515 g/mol. The van der Waals surface area contributed by atoms with Crippen LogP contribution in [-0.4, -0.2) is 22.8 Å². The zero-order valence-corrected chi connectivity index (χ0v) is 19.9. The Morgan fingerprint density at radius 2 is 1.89 bits per heavy atom. The predicted molar refractivity (Wildman–Crippen MR) is 128 cm³/mol. The van der Waals surface area contributed by atoms with Gasteiger partial charge in [-0.25, -0.2) is 13.8 Å². The highest BCUT2D eigenvalue weighted by atomic mass is 35.5. The van der Waals surface area contributed by atoms with Crippen LogP contribution in [0.25, 0.3) is 0 Å². The number of nitriles is 1. The van der Waals surface area contributed by atoms with Crippen LogP contribution in [0.1, 0.15) is 36.9 Å². The van der Waals surface area contributed by atoms with Crippen molar-refractivity contribution in [2.45, 2.75) is 31.8 Å². The highest BCUT2D eigenvalue weighted by Gasteiger charge is 2.42. The van der Waals surface area contributed by atoms with Gasteiger partial charge in [-0.05, 0) is 55.3 Å². The van der Waals surface area contributed by atoms with Crippen LogP contribution < -0.4 is 9.80 Å². The number of amides is 2. The van der Waals surface area contributed by atoms with Crippen molar-refractivity contribution in [3.8, 4) is 6.07 Å². The van der Waals surface area contributed by atoms with Crippen LogP contribution in [0.2, 0.25) is 10.0 Å². The highest BCUT2D eigenvalue weighted by molar-refractivity contribution is 6.35. The van der Waals surface area contributed by atoms with E-state index >= 15 is 0 Å². The summed E-state index contributed by atoms with van der Waals surface area (Å²) in [6.07, 6.45) is 1.60. The van der Waals surface area contributed by atoms with E-state index in [1.807, 2.05) is 6.07 Å². The molecule has 6 nitrogen and oxygen atoms in total. The Morgan fingerprint density at radius 3 is 2.54 bits per heavy atom. The summed E-state index contributed by atoms with van der Waals surface area (Å²) in [4.78, 5) is 33.3. The van der Waals surface area contributed by atoms with E-state index in [1.165, 1.54) is 34.2 Å². The Bertz CT molecular complexity index is 1340. The van der Waals surface area contributed by atoms with Crippen molar-refractivity contribution >= 4 is 46.5 Å². The quantitative estimate of drug-likeness (QED) is 0.429. The zero-order chi connectivity index (χ0) is 25.3. The summed E-state index contributed by atoms with van der Waals surface area (Å²) in [5.41, 5.74) is 0.727. The van der Waals surface area contributed by atoms with Crippen LogP contribution >= 0.6 is 23.2 Å². The van der Waals surface area contributed by atoms with Gasteiger partial charge in [0.15, 0.2) is 0 Å². The highest BCUT2D eigenvalue weighted by Crippen LogP contribution is 2.36. The van der Waals surface area contributed by atoms with E-state index in [0.717, 1.165) is 12.1 Å². The third kappa shape index (κ3) is 4.97. The first-order chi connectivity index (χ1) is 16.7. The number of benzene rings is 2. The van der Waals surface area contributed by atoms with Gasteiger partial charge in [-0.2, -0.15) is 5.26 Å². The lowest BCUT2D eigenvalue weighted by molar-refractivity contribution is -0.122. The van der Waals surface area contributed by atoms with Crippen LogP contribution in [0, 0.1) is 23.0 Å². The minimum Gasteiger partial charge on any atom is -0.303 e. The first-order valence-electron chi connectivity index (χ1n) is 10.6. The molecule has 1 fully saturated rings. The second-order valence-electron chi connectivity index (χ2n) is 8.01. The number of nitrogens with zero attached hydrogens (tertiary/aromatic N) is 4. The second kappa shape index (κ2) is 9.98. The smallest absolute Gasteiger partial charge is 0.250 e. The molecular formula is C25H18Cl2F2N4O2. The molecule has 1 saturated heterocycles. The Morgan fingerprint density at radius 1 is 1.17 bits per heavy atom. The maximum Gasteiger partial charge on any atom is 0.250 e. The van der Waals surface area contributed by atoms with Crippen molar-refractivity contribution in [3.05, 3.63) is 87.5 Å². The molecule has 10 heteroatoms. The molecule has 2 heterocycles. The van der Waals surface area contributed by atoms with Gasteiger partial charge in [0.2, 0.25) is 5.91 Å². The molecule has 0 radical (unpaired) electrons. The molecule has 178 valence electrons. The first-order valence-corrected chi connectivity index (χ1v) is 11.4. The lowest BCUT2D eigenvalue weighted by Crippen LogP contribution is -2.48. The SMILES string of the molecule is C[C@H](c1ccc(Cl)cc1Cl)N(C(=O)[C@@H]1CCC(=O)N1c1cc(C#N)ccn1)c1cc(F)cc(F)c1. The summed E-state index contributed by atoms with van der Waals surface area (Å²) < 4.78 is 28.4. The van der Waals surface area contributed by atoms with E-state index in [4.69, 9.17) is 23.2 Å². The summed E-state index contributed by atoms with van der Waals surface area (Å²) in [7, 11) is 0. The normalized spacial score (nSPS) is 16.2. The molecule has 35 heavy (non-hydrogen) atoms. The topological polar surface area (TPSA) is 77.3 Å². The van der Waals surface area contributed by atoms with Crippen LogP contribution in [0.15, 0.2) is 54.7 Å². The van der Waals surface area contributed by atoms with Crippen LogP contribution in [0.5, 0.6) is 0 Å². The Kier molecular flexibility index (Phi) is 7.01. The van der Waals surface area contributed by atoms with Crippen molar-refractivity contribution in [3.63, 3.8) is 0 Å². The number of aromatic nitrogens is 1. The van der Waals surface area contributed by atoms with Gasteiger partial charge in [0, 0.05) is 28.7 Å². The van der Waals surface area contributed by atoms with Crippen LogP contribution in [-0.2, 0) is 9.59 Å². The van der Waals surface area contributed by atoms with Crippen molar-refractivity contribution in [1.82, 2.24) is 4.98 Å². The van der Waals surface area contributed by atoms with Crippen molar-refractivity contribution in [1.29, 1.82) is 5.26 Å². The third-order valence-corrected chi connectivity index (χ3v) is 6.34. The fraction of sp³-hybridized carbons (Fsp3) is 0.200. The molecule has 0 unspecified atom stereocenters. The second-order valence-corrected chi connectivity index (χ2v) is 8.85. The van der Waals surface area contributed by atoms with Gasteiger partial charge in [-0.3, -0.25) is 14.5 Å². The molecule has 2 atom stereocenters. The number of carbonyl (C=O) groups excluding carboxylic acids is 2. The Hall–Kier alpha value is -3.54. The Labute approximate surface area is 210 Å². The lowest BCUT2D eigenvalue weighted by atomic mass is 10.0. The average Bonchev–Trinajstić information content (AvgIpc) is 3.20. The molecule has 0 spiro atoms. The molecule has 1 aromatic heterocycles. The summed E-state index contributed by atoms with van der Waals surface area (Å²) in [5, 5.41) is 9.88. The largest absolute Gasteiger partial charge is 0.303 e. The van der Waals surface area contributed by atoms with E-state index in [2.05, 4.69) is 4.98 Å². The number of hydrogen-bond acceptors (Lipinski definition) is 4. The standard InChI is InChI=1S/C25H18Cl2F2N4O2/c1-14(20-3-2-16(26)9-21(20)27)32(19-11-17(28)10-18(29)12-19)25(35)22-4-5-24(34)33(22)23-8-15(13-30)6-7-31-23/h2-3,6-12,14,22H,4-5H2,1H3/t14-,22+/m1/s1. The lowest BCUT2D eigenvalue weighted by Gasteiger charge is -2.34. The summed E-state index contributed by atoms with van der Waals surface area (Å²) in [5.74, 6) is -2.52. The molecule has 2 aromatic carbocycles. The fourth-order valence-electron chi connectivity index (χ4n) is 4.18. The van der Waals surface area contributed by atoms with E-state index in [-0.39, 0.29) is 40.8 Å².